The third-order valence-electron chi connectivity index (χ3n) is 2.35. The van der Waals surface area contributed by atoms with Crippen LogP contribution in [-0.2, 0) is 0 Å². The minimum Gasteiger partial charge on any atom is -0.394 e. The minimum atomic E-state index is -0.0461. The first-order valence-corrected chi connectivity index (χ1v) is 4.56. The second-order valence-corrected chi connectivity index (χ2v) is 3.20. The summed E-state index contributed by atoms with van der Waals surface area (Å²) < 4.78 is 0. The number of hydrogen-bond donors (Lipinski definition) is 3. The van der Waals surface area contributed by atoms with Gasteiger partial charge in [0, 0.05) is 12.4 Å². The summed E-state index contributed by atoms with van der Waals surface area (Å²) in [5.41, 5.74) is 2.93. The van der Waals surface area contributed by atoms with Gasteiger partial charge in [-0.05, 0) is 24.7 Å². The molecule has 4 nitrogen and oxygen atoms in total. The van der Waals surface area contributed by atoms with Crippen molar-refractivity contribution in [1.29, 1.82) is 0 Å². The number of H-pyrrole nitrogens is 1. The van der Waals surface area contributed by atoms with Gasteiger partial charge < -0.3 is 15.4 Å². The average molecular weight is 191 g/mol. The Hall–Kier alpha value is -1.39. The Balaban J connectivity index is 2.42. The molecule has 0 amide bonds. The fourth-order valence-corrected chi connectivity index (χ4v) is 1.50. The standard InChI is InChI=1S/C10H13N3O/c1-11-10(6-14)7-4-9-8(13-5-7)2-3-12-9/h2-5,10-12,14H,6H2,1H3. The Morgan fingerprint density at radius 2 is 2.50 bits per heavy atom. The molecule has 0 radical (unpaired) electrons. The van der Waals surface area contributed by atoms with E-state index >= 15 is 0 Å². The van der Waals surface area contributed by atoms with Crippen molar-refractivity contribution in [3.05, 3.63) is 30.1 Å². The monoisotopic (exact) mass is 191 g/mol. The Morgan fingerprint density at radius 1 is 1.64 bits per heavy atom. The van der Waals surface area contributed by atoms with Crippen LogP contribution in [0.2, 0.25) is 0 Å². The van der Waals surface area contributed by atoms with Crippen molar-refractivity contribution in [3.63, 3.8) is 0 Å². The van der Waals surface area contributed by atoms with E-state index in [9.17, 15) is 0 Å². The van der Waals surface area contributed by atoms with E-state index in [-0.39, 0.29) is 12.6 Å². The molecule has 0 aliphatic rings. The fourth-order valence-electron chi connectivity index (χ4n) is 1.50. The van der Waals surface area contributed by atoms with Crippen molar-refractivity contribution in [2.45, 2.75) is 6.04 Å². The van der Waals surface area contributed by atoms with Crippen LogP contribution in [0.15, 0.2) is 24.5 Å². The zero-order valence-electron chi connectivity index (χ0n) is 7.99. The maximum atomic E-state index is 9.10. The molecule has 0 saturated heterocycles. The molecular formula is C10H13N3O. The molecule has 1 atom stereocenters. The Morgan fingerprint density at radius 3 is 3.21 bits per heavy atom. The van der Waals surface area contributed by atoms with E-state index in [1.807, 2.05) is 25.4 Å². The smallest absolute Gasteiger partial charge is 0.0878 e. The van der Waals surface area contributed by atoms with Gasteiger partial charge in [0.25, 0.3) is 0 Å². The first-order valence-electron chi connectivity index (χ1n) is 4.56. The van der Waals surface area contributed by atoms with Gasteiger partial charge in [0.15, 0.2) is 0 Å². The van der Waals surface area contributed by atoms with Gasteiger partial charge in [0.1, 0.15) is 0 Å². The third kappa shape index (κ3) is 1.49. The number of nitrogens with one attached hydrogen (secondary N) is 2. The number of rotatable bonds is 3. The van der Waals surface area contributed by atoms with Crippen LogP contribution in [0.4, 0.5) is 0 Å². The zero-order chi connectivity index (χ0) is 9.97. The maximum absolute atomic E-state index is 9.10. The van der Waals surface area contributed by atoms with Crippen molar-refractivity contribution in [1.82, 2.24) is 15.3 Å². The van der Waals surface area contributed by atoms with E-state index in [4.69, 9.17) is 5.11 Å². The summed E-state index contributed by atoms with van der Waals surface area (Å²) in [6.07, 6.45) is 3.64. The number of aliphatic hydroxyl groups excluding tert-OH is 1. The van der Waals surface area contributed by atoms with E-state index in [0.717, 1.165) is 16.6 Å². The maximum Gasteiger partial charge on any atom is 0.0878 e. The predicted molar refractivity (Wildman–Crippen MR) is 55.0 cm³/mol. The second kappa shape index (κ2) is 3.77. The lowest BCUT2D eigenvalue weighted by Gasteiger charge is -2.12. The summed E-state index contributed by atoms with van der Waals surface area (Å²) in [4.78, 5) is 7.37. The number of pyridine rings is 1. The van der Waals surface area contributed by atoms with Crippen LogP contribution in [-0.4, -0.2) is 28.7 Å². The number of hydrogen-bond acceptors (Lipinski definition) is 3. The molecule has 0 spiro atoms. The van der Waals surface area contributed by atoms with E-state index in [2.05, 4.69) is 15.3 Å². The number of likely N-dealkylation sites (N-methyl/N-ethyl adjacent to an activating group) is 1. The quantitative estimate of drug-likeness (QED) is 0.673. The van der Waals surface area contributed by atoms with E-state index in [1.54, 1.807) is 6.20 Å². The van der Waals surface area contributed by atoms with Gasteiger partial charge >= 0.3 is 0 Å². The fraction of sp³-hybridized carbons (Fsp3) is 0.300. The van der Waals surface area contributed by atoms with Crippen LogP contribution in [0.25, 0.3) is 11.0 Å². The molecular weight excluding hydrogens is 178 g/mol. The molecule has 2 aromatic rings. The molecule has 0 aliphatic heterocycles. The summed E-state index contributed by atoms with van der Waals surface area (Å²) in [6, 6.07) is 3.88. The van der Waals surface area contributed by atoms with Gasteiger partial charge in [-0.2, -0.15) is 0 Å². The normalized spacial score (nSPS) is 13.3. The van der Waals surface area contributed by atoms with Gasteiger partial charge in [0.2, 0.25) is 0 Å². The first kappa shape index (κ1) is 9.18. The summed E-state index contributed by atoms with van der Waals surface area (Å²) >= 11 is 0. The van der Waals surface area contributed by atoms with Gasteiger partial charge in [-0.15, -0.1) is 0 Å². The van der Waals surface area contributed by atoms with E-state index < -0.39 is 0 Å². The summed E-state index contributed by atoms with van der Waals surface area (Å²) in [5, 5.41) is 12.1. The lowest BCUT2D eigenvalue weighted by atomic mass is 10.1. The highest BCUT2D eigenvalue weighted by atomic mass is 16.3. The molecule has 74 valence electrons. The molecule has 1 unspecified atom stereocenters. The molecule has 4 heteroatoms. The predicted octanol–water partition coefficient (Wildman–Crippen LogP) is 0.816. The van der Waals surface area contributed by atoms with Crippen LogP contribution in [0.1, 0.15) is 11.6 Å². The van der Waals surface area contributed by atoms with Crippen molar-refractivity contribution in [2.75, 3.05) is 13.7 Å². The number of aliphatic hydroxyl groups is 1. The van der Waals surface area contributed by atoms with Crippen molar-refractivity contribution in [2.24, 2.45) is 0 Å². The van der Waals surface area contributed by atoms with Crippen LogP contribution in [0.5, 0.6) is 0 Å². The Kier molecular flexibility index (Phi) is 2.47. The molecule has 2 heterocycles. The lowest BCUT2D eigenvalue weighted by Crippen LogP contribution is -2.19. The highest BCUT2D eigenvalue weighted by molar-refractivity contribution is 5.75. The lowest BCUT2D eigenvalue weighted by molar-refractivity contribution is 0.251. The highest BCUT2D eigenvalue weighted by Gasteiger charge is 2.08. The molecule has 0 fully saturated rings. The van der Waals surface area contributed by atoms with Gasteiger partial charge in [-0.1, -0.05) is 0 Å². The number of nitrogens with zero attached hydrogens (tertiary/aromatic N) is 1. The number of aromatic nitrogens is 2. The molecule has 2 aromatic heterocycles. The molecule has 0 bridgehead atoms. The van der Waals surface area contributed by atoms with Crippen LogP contribution in [0, 0.1) is 0 Å². The molecule has 2 rings (SSSR count). The topological polar surface area (TPSA) is 60.9 Å². The Labute approximate surface area is 82.0 Å². The van der Waals surface area contributed by atoms with Crippen LogP contribution < -0.4 is 5.32 Å². The van der Waals surface area contributed by atoms with Crippen molar-refractivity contribution in [3.8, 4) is 0 Å². The molecule has 3 N–H and O–H groups in total. The second-order valence-electron chi connectivity index (χ2n) is 3.20. The van der Waals surface area contributed by atoms with Gasteiger partial charge in [-0.25, -0.2) is 0 Å². The highest BCUT2D eigenvalue weighted by Crippen LogP contribution is 2.16. The summed E-state index contributed by atoms with van der Waals surface area (Å²) in [7, 11) is 1.82. The largest absolute Gasteiger partial charge is 0.394 e. The molecule has 14 heavy (non-hydrogen) atoms. The average Bonchev–Trinajstić information content (AvgIpc) is 2.66. The minimum absolute atomic E-state index is 0.0461. The van der Waals surface area contributed by atoms with E-state index in [0.29, 0.717) is 0 Å². The van der Waals surface area contributed by atoms with Crippen LogP contribution >= 0.6 is 0 Å². The summed E-state index contributed by atoms with van der Waals surface area (Å²) in [6.45, 7) is 0.0738. The Bertz CT molecular complexity index is 420. The van der Waals surface area contributed by atoms with Gasteiger partial charge in [0.05, 0.1) is 23.7 Å². The van der Waals surface area contributed by atoms with Gasteiger partial charge in [-0.3, -0.25) is 4.98 Å². The molecule has 0 aromatic carbocycles. The summed E-state index contributed by atoms with van der Waals surface area (Å²) in [5.74, 6) is 0. The zero-order valence-corrected chi connectivity index (χ0v) is 7.99. The van der Waals surface area contributed by atoms with E-state index in [1.165, 1.54) is 0 Å². The molecule has 0 saturated carbocycles. The van der Waals surface area contributed by atoms with Crippen molar-refractivity contribution < 1.29 is 5.11 Å². The number of aromatic amines is 1. The van der Waals surface area contributed by atoms with Crippen molar-refractivity contribution >= 4 is 11.0 Å². The number of fused-ring (bicyclic) bond motifs is 1. The SMILES string of the molecule is CNC(CO)c1cnc2cc[nH]c2c1. The first-order chi connectivity index (χ1) is 6.85. The molecule has 0 aliphatic carbocycles. The van der Waals surface area contributed by atoms with Crippen LogP contribution in [0.3, 0.4) is 0 Å². The third-order valence-corrected chi connectivity index (χ3v) is 2.35.